The molecule has 0 bridgehead atoms. The van der Waals surface area contributed by atoms with Gasteiger partial charge in [-0.15, -0.1) is 0 Å². The van der Waals surface area contributed by atoms with E-state index < -0.39 is 52.6 Å². The van der Waals surface area contributed by atoms with Crippen LogP contribution in [0.15, 0.2) is 42.5 Å². The van der Waals surface area contributed by atoms with Crippen LogP contribution in [0.1, 0.15) is 118 Å². The quantitative estimate of drug-likeness (QED) is 0.178. The van der Waals surface area contributed by atoms with Crippen LogP contribution in [0.5, 0.6) is 0 Å². The average Bonchev–Trinajstić information content (AvgIpc) is 4.05. The molecule has 358 valence electrons. The topological polar surface area (TPSA) is 182 Å². The molecule has 5 N–H and O–H groups in total. The van der Waals surface area contributed by atoms with E-state index in [1.165, 1.54) is 11.9 Å². The molecule has 15 heteroatoms. The molecule has 2 aliphatic carbocycles. The Hall–Kier alpha value is -4.76. The van der Waals surface area contributed by atoms with Crippen LogP contribution in [-0.2, 0) is 23.9 Å². The van der Waals surface area contributed by atoms with Gasteiger partial charge in [0.05, 0.1) is 12.1 Å². The maximum absolute atomic E-state index is 15.1. The first-order valence-electron chi connectivity index (χ1n) is 23.8. The molecule has 0 aromatic heterocycles. The average molecular weight is 901 g/mol. The van der Waals surface area contributed by atoms with Gasteiger partial charge in [0.2, 0.25) is 23.6 Å². The summed E-state index contributed by atoms with van der Waals surface area (Å²) in [5.41, 5.74) is -1.54. The number of carbonyl (C=O) groups is 6. The third-order valence-corrected chi connectivity index (χ3v) is 14.6. The van der Waals surface area contributed by atoms with Crippen LogP contribution in [0.2, 0.25) is 0 Å². The summed E-state index contributed by atoms with van der Waals surface area (Å²) in [6.45, 7) is 19.9. The molecular formula is C50H76N8O7. The second-order valence-electron chi connectivity index (χ2n) is 21.9. The summed E-state index contributed by atoms with van der Waals surface area (Å²) >= 11 is 0. The highest BCUT2D eigenvalue weighted by Gasteiger charge is 2.52. The molecule has 2 saturated heterocycles. The molecule has 2 aromatic carbocycles. The van der Waals surface area contributed by atoms with Crippen LogP contribution in [0, 0.1) is 22.7 Å². The fourth-order valence-electron chi connectivity index (χ4n) is 10.6. The van der Waals surface area contributed by atoms with Gasteiger partial charge in [0.25, 0.3) is 5.91 Å². The van der Waals surface area contributed by atoms with Crippen molar-refractivity contribution in [3.05, 3.63) is 48.0 Å². The summed E-state index contributed by atoms with van der Waals surface area (Å²) in [5, 5.41) is 18.1. The van der Waals surface area contributed by atoms with E-state index in [-0.39, 0.29) is 59.6 Å². The smallest absolute Gasteiger partial charge is 0.410 e. The Morgan fingerprint density at radius 2 is 1.28 bits per heavy atom. The maximum atomic E-state index is 15.1. The number of benzene rings is 2. The molecule has 10 atom stereocenters. The molecule has 0 spiro atoms. The minimum absolute atomic E-state index is 0.0818. The minimum atomic E-state index is -0.885. The molecule has 6 amide bonds. The van der Waals surface area contributed by atoms with Crippen molar-refractivity contribution in [2.45, 2.75) is 162 Å². The number of hydrogen-bond acceptors (Lipinski definition) is 9. The van der Waals surface area contributed by atoms with E-state index >= 15 is 4.79 Å². The van der Waals surface area contributed by atoms with Gasteiger partial charge in [0, 0.05) is 55.8 Å². The molecule has 65 heavy (non-hydrogen) atoms. The Morgan fingerprint density at radius 1 is 0.723 bits per heavy atom. The third kappa shape index (κ3) is 10.9. The first-order valence-corrected chi connectivity index (χ1v) is 23.8. The van der Waals surface area contributed by atoms with Crippen molar-refractivity contribution in [2.24, 2.45) is 22.7 Å². The minimum Gasteiger partial charge on any atom is -0.444 e. The number of rotatable bonds is 14. The number of nitrogens with zero attached hydrogens (tertiary/aromatic N) is 3. The summed E-state index contributed by atoms with van der Waals surface area (Å²) in [7, 11) is 3.23. The second-order valence-corrected chi connectivity index (χ2v) is 21.9. The van der Waals surface area contributed by atoms with Crippen molar-refractivity contribution in [3.63, 3.8) is 0 Å². The number of ether oxygens (including phenoxy) is 1. The maximum Gasteiger partial charge on any atom is 0.410 e. The predicted molar refractivity (Wildman–Crippen MR) is 252 cm³/mol. The normalized spacial score (nSPS) is 25.0. The van der Waals surface area contributed by atoms with Crippen LogP contribution < -0.4 is 26.6 Å². The molecule has 2 unspecified atom stereocenters. The van der Waals surface area contributed by atoms with Crippen LogP contribution in [-0.4, -0.2) is 138 Å². The largest absolute Gasteiger partial charge is 0.444 e. The molecule has 2 aromatic rings. The molecule has 15 nitrogen and oxygen atoms in total. The van der Waals surface area contributed by atoms with E-state index in [2.05, 4.69) is 26.6 Å². The van der Waals surface area contributed by atoms with Gasteiger partial charge < -0.3 is 41.1 Å². The number of carbonyl (C=O) groups excluding carboxylic acids is 6. The zero-order valence-corrected chi connectivity index (χ0v) is 40.9. The van der Waals surface area contributed by atoms with Gasteiger partial charge in [-0.1, -0.05) is 71.0 Å². The van der Waals surface area contributed by atoms with E-state index in [4.69, 9.17) is 4.74 Å². The lowest BCUT2D eigenvalue weighted by Crippen LogP contribution is -2.63. The fourth-order valence-corrected chi connectivity index (χ4v) is 10.6. The Bertz CT molecular complexity index is 2090. The second kappa shape index (κ2) is 19.6. The number of fused-ring (bicyclic) bond motifs is 3. The monoisotopic (exact) mass is 901 g/mol. The summed E-state index contributed by atoms with van der Waals surface area (Å²) in [6, 6.07) is 9.77. The van der Waals surface area contributed by atoms with Crippen molar-refractivity contribution in [2.75, 3.05) is 33.7 Å². The number of hydrogen-bond donors (Lipinski definition) is 5. The van der Waals surface area contributed by atoms with Gasteiger partial charge in [0.1, 0.15) is 23.7 Å². The molecule has 2 saturated carbocycles. The molecule has 4 fully saturated rings. The van der Waals surface area contributed by atoms with Crippen molar-refractivity contribution >= 4 is 46.4 Å². The van der Waals surface area contributed by atoms with Gasteiger partial charge in [-0.05, 0) is 114 Å². The standard InChI is InChI=1S/C50H76N8O7/c1-29(51-11)42(59)55-41(46(63)58-27-25-33-21-23-37(39(33)58)53-44(61)35-19-15-17-31-16-13-14-18-34(31)35)50(9,10)28-52-36-22-20-32-24-26-57(38(32)36)45(62)40(48(3,4)5)54-43(60)30(2)56(12)47(64)65-49(6,7)8/h13-19,29-30,32-33,36-41,51-52H,20-28H2,1-12H3,(H,53,61)(H,54,60)(H,55,59)/t29-,30-,32+,33+,36?,37?,38-,39-,40+,41+/m0/s1. The summed E-state index contributed by atoms with van der Waals surface area (Å²) < 4.78 is 5.49. The lowest BCUT2D eigenvalue weighted by molar-refractivity contribution is -0.141. The first-order chi connectivity index (χ1) is 30.4. The van der Waals surface area contributed by atoms with Crippen LogP contribution >= 0.6 is 0 Å². The third-order valence-electron chi connectivity index (χ3n) is 14.6. The Balaban J connectivity index is 1.17. The molecule has 2 heterocycles. The first kappa shape index (κ1) is 49.7. The van der Waals surface area contributed by atoms with Crippen LogP contribution in [0.25, 0.3) is 10.8 Å². The van der Waals surface area contributed by atoms with Gasteiger partial charge in [0.15, 0.2) is 0 Å². The van der Waals surface area contributed by atoms with E-state index in [9.17, 15) is 24.0 Å². The SMILES string of the molecule is CN[C@@H](C)C(=O)N[C@H](C(=O)N1CC[C@H]2CCC(NC(=O)c3cccc4ccccc34)[C@H]21)C(C)(C)CNC1CC[C@@H]2CCN(C(=O)[C@@H](NC(=O)[C@H](C)N(C)C(=O)OC(C)(C)C)C(C)(C)C)[C@H]12. The summed E-state index contributed by atoms with van der Waals surface area (Å²) in [5.74, 6) is -0.705. The number of likely N-dealkylation sites (tertiary alicyclic amines) is 2. The van der Waals surface area contributed by atoms with E-state index in [1.807, 2.05) is 86.9 Å². The Morgan fingerprint density at radius 3 is 1.88 bits per heavy atom. The van der Waals surface area contributed by atoms with Crippen molar-refractivity contribution in [1.82, 2.24) is 41.3 Å². The highest BCUT2D eigenvalue weighted by Crippen LogP contribution is 2.42. The molecule has 6 rings (SSSR count). The Kier molecular flexibility index (Phi) is 15.0. The van der Waals surface area contributed by atoms with E-state index in [1.54, 1.807) is 41.7 Å². The highest BCUT2D eigenvalue weighted by molar-refractivity contribution is 6.07. The lowest BCUT2D eigenvalue weighted by atomic mass is 9.82. The van der Waals surface area contributed by atoms with Gasteiger partial charge >= 0.3 is 6.09 Å². The van der Waals surface area contributed by atoms with Crippen molar-refractivity contribution in [3.8, 4) is 0 Å². The fraction of sp³-hybridized carbons (Fsp3) is 0.680. The van der Waals surface area contributed by atoms with Crippen LogP contribution in [0.3, 0.4) is 0 Å². The Labute approximate surface area is 386 Å². The number of amides is 6. The number of nitrogens with one attached hydrogen (secondary N) is 5. The van der Waals surface area contributed by atoms with Gasteiger partial charge in [-0.3, -0.25) is 28.9 Å². The van der Waals surface area contributed by atoms with Crippen LogP contribution in [0.4, 0.5) is 4.79 Å². The van der Waals surface area contributed by atoms with Crippen molar-refractivity contribution in [1.29, 1.82) is 0 Å². The van der Waals surface area contributed by atoms with E-state index in [0.29, 0.717) is 25.2 Å². The molecular weight excluding hydrogens is 825 g/mol. The van der Waals surface area contributed by atoms with Gasteiger partial charge in [-0.25, -0.2) is 4.79 Å². The lowest BCUT2D eigenvalue weighted by Gasteiger charge is -2.41. The molecule has 0 radical (unpaired) electrons. The zero-order chi connectivity index (χ0) is 47.8. The van der Waals surface area contributed by atoms with E-state index in [0.717, 1.165) is 49.3 Å². The summed E-state index contributed by atoms with van der Waals surface area (Å²) in [6.07, 6.45) is 4.46. The summed E-state index contributed by atoms with van der Waals surface area (Å²) in [4.78, 5) is 88.8. The van der Waals surface area contributed by atoms with Crippen molar-refractivity contribution < 1.29 is 33.5 Å². The molecule has 4 aliphatic rings. The zero-order valence-electron chi connectivity index (χ0n) is 40.9. The number of likely N-dealkylation sites (N-methyl/N-ethyl adjacent to an activating group) is 2. The molecule has 2 aliphatic heterocycles. The van der Waals surface area contributed by atoms with Gasteiger partial charge in [-0.2, -0.15) is 0 Å². The predicted octanol–water partition coefficient (Wildman–Crippen LogP) is 4.82. The highest BCUT2D eigenvalue weighted by atomic mass is 16.6.